The van der Waals surface area contributed by atoms with Crippen LogP contribution in [0.25, 0.3) is 0 Å². The average Bonchev–Trinajstić information content (AvgIpc) is 2.67. The fourth-order valence-corrected chi connectivity index (χ4v) is 2.10. The Kier molecular flexibility index (Phi) is 3.10. The lowest BCUT2D eigenvalue weighted by atomic mass is 10.1. The summed E-state index contributed by atoms with van der Waals surface area (Å²) >= 11 is 1.44. The zero-order chi connectivity index (χ0) is 12.4. The molecule has 1 aromatic carbocycles. The minimum Gasteiger partial charge on any atom is -0.398 e. The minimum atomic E-state index is -0.222. The SMILES string of the molecule is Cc1ccc(N)c(C(=O)Nc2ncc(C)s2)c1. The Morgan fingerprint density at radius 2 is 2.18 bits per heavy atom. The van der Waals surface area contributed by atoms with E-state index in [-0.39, 0.29) is 5.91 Å². The Labute approximate surface area is 103 Å². The Balaban J connectivity index is 2.22. The van der Waals surface area contributed by atoms with Crippen LogP contribution in [0, 0.1) is 13.8 Å². The molecule has 0 atom stereocenters. The lowest BCUT2D eigenvalue weighted by Crippen LogP contribution is -2.14. The highest BCUT2D eigenvalue weighted by Gasteiger charge is 2.11. The summed E-state index contributed by atoms with van der Waals surface area (Å²) in [7, 11) is 0. The number of rotatable bonds is 2. The van der Waals surface area contributed by atoms with Crippen LogP contribution in [-0.4, -0.2) is 10.9 Å². The van der Waals surface area contributed by atoms with Crippen molar-refractivity contribution in [3.8, 4) is 0 Å². The van der Waals surface area contributed by atoms with Crippen molar-refractivity contribution in [2.45, 2.75) is 13.8 Å². The Morgan fingerprint density at radius 1 is 1.41 bits per heavy atom. The fraction of sp³-hybridized carbons (Fsp3) is 0.167. The third-order valence-electron chi connectivity index (χ3n) is 2.30. The van der Waals surface area contributed by atoms with E-state index in [9.17, 15) is 4.79 Å². The number of nitrogens with zero attached hydrogens (tertiary/aromatic N) is 1. The molecule has 0 aliphatic heterocycles. The normalized spacial score (nSPS) is 10.2. The fourth-order valence-electron chi connectivity index (χ4n) is 1.44. The molecule has 17 heavy (non-hydrogen) atoms. The molecule has 0 unspecified atom stereocenters. The van der Waals surface area contributed by atoms with Crippen LogP contribution in [0.15, 0.2) is 24.4 Å². The summed E-state index contributed by atoms with van der Waals surface area (Å²) < 4.78 is 0. The smallest absolute Gasteiger partial charge is 0.259 e. The van der Waals surface area contributed by atoms with E-state index >= 15 is 0 Å². The molecule has 0 saturated heterocycles. The number of aromatic nitrogens is 1. The second-order valence-corrected chi connectivity index (χ2v) is 5.06. The number of hydrogen-bond acceptors (Lipinski definition) is 4. The van der Waals surface area contributed by atoms with Gasteiger partial charge in [0.05, 0.1) is 5.56 Å². The van der Waals surface area contributed by atoms with E-state index in [4.69, 9.17) is 5.73 Å². The highest BCUT2D eigenvalue weighted by Crippen LogP contribution is 2.19. The lowest BCUT2D eigenvalue weighted by Gasteiger charge is -2.06. The van der Waals surface area contributed by atoms with E-state index in [2.05, 4.69) is 10.3 Å². The van der Waals surface area contributed by atoms with Crippen molar-refractivity contribution in [1.29, 1.82) is 0 Å². The van der Waals surface area contributed by atoms with Crippen molar-refractivity contribution in [3.05, 3.63) is 40.4 Å². The van der Waals surface area contributed by atoms with Gasteiger partial charge >= 0.3 is 0 Å². The zero-order valence-corrected chi connectivity index (χ0v) is 10.5. The third-order valence-corrected chi connectivity index (χ3v) is 3.12. The van der Waals surface area contributed by atoms with Gasteiger partial charge in [0.2, 0.25) is 0 Å². The first-order chi connectivity index (χ1) is 8.06. The van der Waals surface area contributed by atoms with Gasteiger partial charge in [-0.05, 0) is 26.0 Å². The van der Waals surface area contributed by atoms with Gasteiger partial charge in [0.15, 0.2) is 5.13 Å². The van der Waals surface area contributed by atoms with E-state index in [1.165, 1.54) is 11.3 Å². The number of anilines is 2. The van der Waals surface area contributed by atoms with Crippen LogP contribution in [0.1, 0.15) is 20.8 Å². The standard InChI is InChI=1S/C12H13N3OS/c1-7-3-4-10(13)9(5-7)11(16)15-12-14-6-8(2)17-12/h3-6H,13H2,1-2H3,(H,14,15,16). The molecule has 1 aromatic heterocycles. The predicted octanol–water partition coefficient (Wildman–Crippen LogP) is 2.59. The number of nitrogen functional groups attached to an aromatic ring is 1. The molecular formula is C12H13N3OS. The second kappa shape index (κ2) is 4.55. The van der Waals surface area contributed by atoms with Gasteiger partial charge < -0.3 is 5.73 Å². The number of amides is 1. The van der Waals surface area contributed by atoms with Crippen LogP contribution >= 0.6 is 11.3 Å². The molecule has 0 bridgehead atoms. The van der Waals surface area contributed by atoms with E-state index in [0.717, 1.165) is 10.4 Å². The number of carbonyl (C=O) groups excluding carboxylic acids is 1. The predicted molar refractivity (Wildman–Crippen MR) is 70.4 cm³/mol. The zero-order valence-electron chi connectivity index (χ0n) is 9.65. The summed E-state index contributed by atoms with van der Waals surface area (Å²) in [5.74, 6) is -0.222. The van der Waals surface area contributed by atoms with Crippen LogP contribution < -0.4 is 11.1 Å². The van der Waals surface area contributed by atoms with Crippen molar-refractivity contribution in [3.63, 3.8) is 0 Å². The van der Waals surface area contributed by atoms with Crippen LogP contribution in [0.4, 0.5) is 10.8 Å². The summed E-state index contributed by atoms with van der Waals surface area (Å²) in [6.45, 7) is 3.86. The molecule has 0 radical (unpaired) electrons. The highest BCUT2D eigenvalue weighted by molar-refractivity contribution is 7.15. The molecule has 1 amide bonds. The maximum absolute atomic E-state index is 12.0. The molecule has 4 nitrogen and oxygen atoms in total. The van der Waals surface area contributed by atoms with Crippen molar-refractivity contribution in [2.75, 3.05) is 11.1 Å². The number of nitrogens with two attached hydrogens (primary N) is 1. The van der Waals surface area contributed by atoms with E-state index < -0.39 is 0 Å². The molecule has 0 spiro atoms. The van der Waals surface area contributed by atoms with Gasteiger partial charge in [0.1, 0.15) is 0 Å². The average molecular weight is 247 g/mol. The largest absolute Gasteiger partial charge is 0.398 e. The van der Waals surface area contributed by atoms with Gasteiger partial charge in [-0.3, -0.25) is 10.1 Å². The molecular weight excluding hydrogens is 234 g/mol. The molecule has 0 aliphatic rings. The number of carbonyl (C=O) groups is 1. The summed E-state index contributed by atoms with van der Waals surface area (Å²) in [5.41, 5.74) is 7.73. The van der Waals surface area contributed by atoms with Crippen LogP contribution in [0.5, 0.6) is 0 Å². The number of aryl methyl sites for hydroxylation is 2. The van der Waals surface area contributed by atoms with Crippen LogP contribution in [0.2, 0.25) is 0 Å². The number of hydrogen-bond donors (Lipinski definition) is 2. The summed E-state index contributed by atoms with van der Waals surface area (Å²) in [4.78, 5) is 17.1. The Morgan fingerprint density at radius 3 is 2.82 bits per heavy atom. The molecule has 88 valence electrons. The summed E-state index contributed by atoms with van der Waals surface area (Å²) in [6.07, 6.45) is 1.72. The quantitative estimate of drug-likeness (QED) is 0.801. The van der Waals surface area contributed by atoms with E-state index in [1.807, 2.05) is 19.9 Å². The van der Waals surface area contributed by atoms with Gasteiger partial charge in [0, 0.05) is 16.8 Å². The monoisotopic (exact) mass is 247 g/mol. The summed E-state index contributed by atoms with van der Waals surface area (Å²) in [6, 6.07) is 5.38. The molecule has 5 heteroatoms. The lowest BCUT2D eigenvalue weighted by molar-refractivity contribution is 0.102. The second-order valence-electron chi connectivity index (χ2n) is 3.82. The topological polar surface area (TPSA) is 68.0 Å². The van der Waals surface area contributed by atoms with Crippen LogP contribution in [-0.2, 0) is 0 Å². The number of benzene rings is 1. The van der Waals surface area contributed by atoms with Gasteiger partial charge in [-0.25, -0.2) is 4.98 Å². The first-order valence-electron chi connectivity index (χ1n) is 5.16. The molecule has 2 aromatic rings. The number of nitrogens with one attached hydrogen (secondary N) is 1. The van der Waals surface area contributed by atoms with E-state index in [0.29, 0.717) is 16.4 Å². The first kappa shape index (κ1) is 11.6. The maximum Gasteiger partial charge on any atom is 0.259 e. The van der Waals surface area contributed by atoms with Crippen LogP contribution in [0.3, 0.4) is 0 Å². The van der Waals surface area contributed by atoms with Gasteiger partial charge in [-0.1, -0.05) is 11.6 Å². The molecule has 0 aliphatic carbocycles. The van der Waals surface area contributed by atoms with Crippen molar-refractivity contribution >= 4 is 28.1 Å². The van der Waals surface area contributed by atoms with Crippen molar-refractivity contribution < 1.29 is 4.79 Å². The maximum atomic E-state index is 12.0. The molecule has 0 saturated carbocycles. The van der Waals surface area contributed by atoms with E-state index in [1.54, 1.807) is 18.3 Å². The van der Waals surface area contributed by atoms with Gasteiger partial charge in [0.25, 0.3) is 5.91 Å². The summed E-state index contributed by atoms with van der Waals surface area (Å²) in [5, 5.41) is 3.33. The number of thiazole rings is 1. The first-order valence-corrected chi connectivity index (χ1v) is 5.98. The molecule has 1 heterocycles. The highest BCUT2D eigenvalue weighted by atomic mass is 32.1. The van der Waals surface area contributed by atoms with Gasteiger partial charge in [-0.15, -0.1) is 11.3 Å². The molecule has 0 fully saturated rings. The minimum absolute atomic E-state index is 0.222. The van der Waals surface area contributed by atoms with Crippen molar-refractivity contribution in [2.24, 2.45) is 0 Å². The molecule has 2 rings (SSSR count). The van der Waals surface area contributed by atoms with Gasteiger partial charge in [-0.2, -0.15) is 0 Å². The third kappa shape index (κ3) is 2.62. The Hall–Kier alpha value is -1.88. The van der Waals surface area contributed by atoms with Crippen molar-refractivity contribution in [1.82, 2.24) is 4.98 Å². The molecule has 3 N–H and O–H groups in total. The Bertz CT molecular complexity index is 563.